The van der Waals surface area contributed by atoms with Gasteiger partial charge in [0.05, 0.1) is 12.1 Å². The van der Waals surface area contributed by atoms with Gasteiger partial charge in [-0.1, -0.05) is 32.8 Å². The van der Waals surface area contributed by atoms with Crippen molar-refractivity contribution < 1.29 is 27.1 Å². The Morgan fingerprint density at radius 2 is 1.82 bits per heavy atom. The molecule has 5 nitrogen and oxygen atoms in total. The van der Waals surface area contributed by atoms with Gasteiger partial charge in [-0.3, -0.25) is 9.79 Å². The maximum Gasteiger partial charge on any atom is 0.433 e. The fraction of sp³-hybridized carbons (Fsp3) is 0.520. The van der Waals surface area contributed by atoms with Crippen molar-refractivity contribution in [2.75, 3.05) is 19.6 Å². The number of carbonyl (C=O) groups excluding carboxylic acids is 1. The van der Waals surface area contributed by atoms with Crippen molar-refractivity contribution in [3.8, 4) is 18.6 Å². The number of nitrogens with one attached hydrogen (secondary N) is 2. The van der Waals surface area contributed by atoms with Gasteiger partial charge in [-0.2, -0.15) is 13.2 Å². The SMILES string of the molecule is C#C.CCCC1(CCC)CNCC(=O)N1.CCN=C(/C=C(\C)Oc1cccc(F)c1)C(F)(F)F. The molecule has 0 aliphatic carbocycles. The van der Waals surface area contributed by atoms with Crippen LogP contribution in [0.3, 0.4) is 0 Å². The number of nitrogens with zero attached hydrogens (tertiary/aromatic N) is 1. The van der Waals surface area contributed by atoms with E-state index < -0.39 is 17.7 Å². The Morgan fingerprint density at radius 1 is 1.21 bits per heavy atom. The summed E-state index contributed by atoms with van der Waals surface area (Å²) in [5.41, 5.74) is -0.984. The van der Waals surface area contributed by atoms with Crippen LogP contribution in [-0.2, 0) is 4.79 Å². The normalized spacial score (nSPS) is 15.8. The van der Waals surface area contributed by atoms with Gasteiger partial charge in [0.2, 0.25) is 5.91 Å². The van der Waals surface area contributed by atoms with Crippen molar-refractivity contribution in [2.45, 2.75) is 65.1 Å². The predicted molar refractivity (Wildman–Crippen MR) is 128 cm³/mol. The molecule has 0 aromatic heterocycles. The van der Waals surface area contributed by atoms with Gasteiger partial charge in [0.15, 0.2) is 0 Å². The average Bonchev–Trinajstić information content (AvgIpc) is 2.75. The fourth-order valence-electron chi connectivity index (χ4n) is 3.51. The molecule has 0 bridgehead atoms. The maximum atomic E-state index is 12.9. The number of piperazine rings is 1. The minimum atomic E-state index is -4.54. The van der Waals surface area contributed by atoms with E-state index in [9.17, 15) is 22.4 Å². The number of terminal acetylenes is 1. The third kappa shape index (κ3) is 11.8. The van der Waals surface area contributed by atoms with Gasteiger partial charge >= 0.3 is 6.18 Å². The molecule has 0 saturated carbocycles. The molecular formula is C25H35F4N3O2. The summed E-state index contributed by atoms with van der Waals surface area (Å²) in [7, 11) is 0. The molecule has 0 spiro atoms. The molecule has 0 atom stereocenters. The second kappa shape index (κ2) is 15.9. The molecule has 1 aliphatic rings. The molecule has 1 heterocycles. The number of carbonyl (C=O) groups is 1. The van der Waals surface area contributed by atoms with Gasteiger partial charge in [-0.25, -0.2) is 4.39 Å². The molecule has 0 unspecified atom stereocenters. The van der Waals surface area contributed by atoms with E-state index in [1.807, 2.05) is 0 Å². The van der Waals surface area contributed by atoms with Gasteiger partial charge in [0.25, 0.3) is 0 Å². The highest BCUT2D eigenvalue weighted by atomic mass is 19.4. The molecule has 0 radical (unpaired) electrons. The Bertz CT molecular complexity index is 821. The Balaban J connectivity index is 0.000000633. The number of alkyl halides is 3. The van der Waals surface area contributed by atoms with Crippen LogP contribution in [0.1, 0.15) is 53.4 Å². The quantitative estimate of drug-likeness (QED) is 0.224. The first-order valence-corrected chi connectivity index (χ1v) is 11.1. The molecule has 1 aromatic rings. The molecule has 1 aliphatic heterocycles. The smallest absolute Gasteiger partial charge is 0.433 e. The number of benzene rings is 1. The largest absolute Gasteiger partial charge is 0.462 e. The first-order chi connectivity index (χ1) is 16.0. The van der Waals surface area contributed by atoms with Gasteiger partial charge < -0.3 is 15.4 Å². The van der Waals surface area contributed by atoms with Crippen LogP contribution >= 0.6 is 0 Å². The highest BCUT2D eigenvalue weighted by molar-refractivity contribution is 5.99. The lowest BCUT2D eigenvalue weighted by molar-refractivity contribution is -0.124. The van der Waals surface area contributed by atoms with Crippen LogP contribution in [0.2, 0.25) is 0 Å². The number of aliphatic imine (C=N–C) groups is 1. The van der Waals surface area contributed by atoms with E-state index in [1.165, 1.54) is 32.0 Å². The van der Waals surface area contributed by atoms with E-state index in [0.29, 0.717) is 6.54 Å². The zero-order valence-corrected chi connectivity index (χ0v) is 20.3. The van der Waals surface area contributed by atoms with Crippen LogP contribution < -0.4 is 15.4 Å². The van der Waals surface area contributed by atoms with Crippen LogP contribution in [-0.4, -0.2) is 43.0 Å². The van der Waals surface area contributed by atoms with Crippen LogP contribution in [0, 0.1) is 18.7 Å². The summed E-state index contributed by atoms with van der Waals surface area (Å²) in [6.45, 7) is 8.61. The van der Waals surface area contributed by atoms with E-state index in [0.717, 1.165) is 44.4 Å². The van der Waals surface area contributed by atoms with E-state index in [-0.39, 0.29) is 29.5 Å². The number of amides is 1. The molecular weight excluding hydrogens is 450 g/mol. The number of rotatable bonds is 8. The molecule has 9 heteroatoms. The number of allylic oxidation sites excluding steroid dienone is 2. The number of halogens is 4. The van der Waals surface area contributed by atoms with E-state index in [2.05, 4.69) is 42.3 Å². The minimum absolute atomic E-state index is 0.0125. The van der Waals surface area contributed by atoms with Crippen molar-refractivity contribution in [3.63, 3.8) is 0 Å². The van der Waals surface area contributed by atoms with Gasteiger partial charge in [-0.15, -0.1) is 12.8 Å². The molecule has 190 valence electrons. The zero-order chi connectivity index (χ0) is 26.2. The summed E-state index contributed by atoms with van der Waals surface area (Å²) >= 11 is 0. The Kier molecular flexibility index (Phi) is 14.5. The summed E-state index contributed by atoms with van der Waals surface area (Å²) in [6, 6.07) is 5.15. The van der Waals surface area contributed by atoms with Crippen molar-refractivity contribution >= 4 is 11.6 Å². The summed E-state index contributed by atoms with van der Waals surface area (Å²) < 4.78 is 55.7. The fourth-order valence-corrected chi connectivity index (χ4v) is 3.51. The summed E-state index contributed by atoms with van der Waals surface area (Å²) in [5, 5.41) is 6.31. The predicted octanol–water partition coefficient (Wildman–Crippen LogP) is 5.43. The second-order valence-corrected chi connectivity index (χ2v) is 7.60. The van der Waals surface area contributed by atoms with E-state index in [4.69, 9.17) is 4.74 Å². The second-order valence-electron chi connectivity index (χ2n) is 7.60. The molecule has 1 saturated heterocycles. The van der Waals surface area contributed by atoms with Crippen molar-refractivity contribution in [1.29, 1.82) is 0 Å². The molecule has 1 aromatic carbocycles. The summed E-state index contributed by atoms with van der Waals surface area (Å²) in [5.74, 6) is -0.265. The Labute approximate surface area is 200 Å². The van der Waals surface area contributed by atoms with Crippen LogP contribution in [0.25, 0.3) is 0 Å². The molecule has 2 N–H and O–H groups in total. The number of ether oxygens (including phenoxy) is 1. The van der Waals surface area contributed by atoms with E-state index >= 15 is 0 Å². The topological polar surface area (TPSA) is 62.7 Å². The third-order valence-corrected chi connectivity index (χ3v) is 4.64. The number of hydrogen-bond acceptors (Lipinski definition) is 4. The summed E-state index contributed by atoms with van der Waals surface area (Å²) in [6.07, 6.45) is 8.67. The lowest BCUT2D eigenvalue weighted by Crippen LogP contribution is -2.61. The number of hydrogen-bond donors (Lipinski definition) is 2. The van der Waals surface area contributed by atoms with Crippen LogP contribution in [0.5, 0.6) is 5.75 Å². The molecule has 2 rings (SSSR count). The highest BCUT2D eigenvalue weighted by Crippen LogP contribution is 2.22. The standard InChI is InChI=1S/C13H13F4NO.C10H20N2O.C2H2/c1-3-18-12(13(15,16)17)7-9(2)19-11-6-4-5-10(14)8-11;1-3-5-10(6-4-2)8-11-7-9(13)12-10;1-2/h4-8H,3H2,1-2H3;11H,3-8H2,1-2H3,(H,12,13);1-2H/b9-7+,18-12?;;. The first kappa shape index (κ1) is 31.1. The molecule has 1 amide bonds. The van der Waals surface area contributed by atoms with Crippen molar-refractivity contribution in [2.24, 2.45) is 4.99 Å². The van der Waals surface area contributed by atoms with Gasteiger partial charge in [-0.05, 0) is 38.8 Å². The van der Waals surface area contributed by atoms with Gasteiger partial charge in [0.1, 0.15) is 23.0 Å². The first-order valence-electron chi connectivity index (χ1n) is 11.1. The molecule has 1 fully saturated rings. The Hall–Kier alpha value is -2.86. The third-order valence-electron chi connectivity index (χ3n) is 4.64. The van der Waals surface area contributed by atoms with Crippen molar-refractivity contribution in [1.82, 2.24) is 10.6 Å². The minimum Gasteiger partial charge on any atom is -0.462 e. The molecule has 34 heavy (non-hydrogen) atoms. The lowest BCUT2D eigenvalue weighted by Gasteiger charge is -2.38. The monoisotopic (exact) mass is 485 g/mol. The van der Waals surface area contributed by atoms with Crippen LogP contribution in [0.15, 0.2) is 41.1 Å². The highest BCUT2D eigenvalue weighted by Gasteiger charge is 2.34. The maximum absolute atomic E-state index is 12.9. The van der Waals surface area contributed by atoms with Crippen LogP contribution in [0.4, 0.5) is 17.6 Å². The zero-order valence-electron chi connectivity index (χ0n) is 20.3. The van der Waals surface area contributed by atoms with Gasteiger partial charge in [0, 0.05) is 25.2 Å². The average molecular weight is 486 g/mol. The lowest BCUT2D eigenvalue weighted by atomic mass is 9.87. The Morgan fingerprint density at radius 3 is 2.29 bits per heavy atom. The van der Waals surface area contributed by atoms with Crippen molar-refractivity contribution in [3.05, 3.63) is 41.9 Å². The van der Waals surface area contributed by atoms with E-state index in [1.54, 1.807) is 0 Å². The summed E-state index contributed by atoms with van der Waals surface area (Å²) in [4.78, 5) is 14.6.